The van der Waals surface area contributed by atoms with Gasteiger partial charge in [0.2, 0.25) is 0 Å². The quantitative estimate of drug-likeness (QED) is 0.0356. The molecule has 0 saturated heterocycles. The Morgan fingerprint density at radius 3 is 1.19 bits per heavy atom. The Morgan fingerprint density at radius 1 is 0.440 bits per heavy atom. The minimum atomic E-state index is -5.00. The van der Waals surface area contributed by atoms with Crippen LogP contribution in [0.1, 0.15) is 33.4 Å². The van der Waals surface area contributed by atoms with E-state index in [0.29, 0.717) is 22.5 Å². The highest BCUT2D eigenvalue weighted by Gasteiger charge is 2.27. The van der Waals surface area contributed by atoms with Gasteiger partial charge >= 0.3 is 0 Å². The molecule has 75 heavy (non-hydrogen) atoms. The average Bonchev–Trinajstić information content (AvgIpc) is 3.33. The first-order valence-electron chi connectivity index (χ1n) is 22.4. The van der Waals surface area contributed by atoms with E-state index in [9.17, 15) is 44.6 Å². The number of aromatic hydroxyl groups is 2. The molecule has 8 rings (SSSR count). The number of hydrogen-bond acceptors (Lipinski definition) is 18. The van der Waals surface area contributed by atoms with Crippen molar-refractivity contribution in [2.24, 2.45) is 40.9 Å². The van der Waals surface area contributed by atoms with Gasteiger partial charge in [0.05, 0.1) is 55.5 Å². The summed E-state index contributed by atoms with van der Waals surface area (Å²) in [4.78, 5) is -1.73. The van der Waals surface area contributed by atoms with Crippen molar-refractivity contribution in [2.75, 3.05) is 22.8 Å². The number of nitrogens with zero attached hydrogens (tertiary/aromatic N) is 9. The molecule has 0 radical (unpaired) electrons. The monoisotopic (exact) mass is 1070 g/mol. The smallest absolute Gasteiger partial charge is 0.296 e. The van der Waals surface area contributed by atoms with Crippen LogP contribution in [0, 0.1) is 41.5 Å². The predicted octanol–water partition coefficient (Wildman–Crippen LogP) is 13.4. The summed E-state index contributed by atoms with van der Waals surface area (Å²) in [6.07, 6.45) is 0. The lowest BCUT2D eigenvalue weighted by Gasteiger charge is -2.19. The van der Waals surface area contributed by atoms with E-state index < -0.39 is 62.9 Å². The molecule has 0 heterocycles. The first kappa shape index (κ1) is 52.8. The number of phenols is 2. The van der Waals surface area contributed by atoms with E-state index in [2.05, 4.69) is 40.9 Å². The van der Waals surface area contributed by atoms with Gasteiger partial charge in [-0.3, -0.25) is 13.4 Å². The molecule has 0 aliphatic rings. The summed E-state index contributed by atoms with van der Waals surface area (Å²) in [6.45, 7) is 11.0. The SMILES string of the molecule is Cc1ccc(N=Nc2c(C)cc3cc(S(=O)(=O)O)c(N=Nc4ccc(N(C)S(=O)(=O)c5ccc(N=Nc6c(S(=O)(=O)O)cc7cc(C)c(N=Nc8ccc(C)cc8C)c(N)c7c6O)cc5)cc4)c(O)c3c2N)c(C)c1. The lowest BCUT2D eigenvalue weighted by atomic mass is 10.0. The standard InChI is InChI=1S/C51H47N11O10S3/c1-26-8-18-38(28(3)20-26)56-58-46-30(5)22-32-24-40(74(67,68)69)48(50(63)42(32)44(46)52)60-54-34-10-14-36(15-11-34)62(7)73(65,66)37-16-12-35(13-17-37)55-61-49-41(75(70,71)72)25-33-23-31(6)47(45(53)43(33)51(49)64)59-57-39-19-9-27(2)21-29(39)4/h8-25,63-64H,52-53H2,1-7H3,(H,67,68,69)(H,70,71,72). The molecule has 384 valence electrons. The van der Waals surface area contributed by atoms with E-state index in [1.807, 2.05) is 52.0 Å². The second kappa shape index (κ2) is 20.0. The number of anilines is 3. The van der Waals surface area contributed by atoms with Crippen LogP contribution in [-0.2, 0) is 30.3 Å². The van der Waals surface area contributed by atoms with Crippen LogP contribution in [0.3, 0.4) is 0 Å². The fourth-order valence-corrected chi connectivity index (χ4v) is 10.7. The molecule has 0 saturated carbocycles. The lowest BCUT2D eigenvalue weighted by Crippen LogP contribution is -2.26. The molecule has 0 fully saturated rings. The van der Waals surface area contributed by atoms with Gasteiger partial charge in [0, 0.05) is 7.05 Å². The summed E-state index contributed by atoms with van der Waals surface area (Å²) in [5.41, 5.74) is 18.3. The van der Waals surface area contributed by atoms with Crippen molar-refractivity contribution in [3.63, 3.8) is 0 Å². The van der Waals surface area contributed by atoms with Gasteiger partial charge < -0.3 is 21.7 Å². The Bertz CT molecular complexity index is 4150. The summed E-state index contributed by atoms with van der Waals surface area (Å²) < 4.78 is 99.4. The second-order valence-corrected chi connectivity index (χ2v) is 22.3. The third kappa shape index (κ3) is 10.6. The largest absolute Gasteiger partial charge is 0.505 e. The fourth-order valence-electron chi connectivity index (χ4n) is 8.19. The molecule has 8 aromatic rings. The fraction of sp³-hybridized carbons (Fsp3) is 0.137. The Kier molecular flexibility index (Phi) is 14.1. The normalized spacial score (nSPS) is 12.7. The van der Waals surface area contributed by atoms with E-state index >= 15 is 0 Å². The van der Waals surface area contributed by atoms with Gasteiger partial charge in [-0.05, 0) is 159 Å². The van der Waals surface area contributed by atoms with Crippen molar-refractivity contribution in [3.8, 4) is 11.5 Å². The first-order valence-corrected chi connectivity index (χ1v) is 26.7. The topological polar surface area (TPSA) is 338 Å². The van der Waals surface area contributed by atoms with Gasteiger partial charge in [-0.1, -0.05) is 35.4 Å². The summed E-state index contributed by atoms with van der Waals surface area (Å²) in [7, 11) is -12.9. The Labute approximate surface area is 430 Å². The van der Waals surface area contributed by atoms with Crippen LogP contribution in [0.4, 0.5) is 62.6 Å². The maximum atomic E-state index is 13.8. The van der Waals surface area contributed by atoms with Crippen molar-refractivity contribution in [2.45, 2.75) is 56.2 Å². The highest BCUT2D eigenvalue weighted by Crippen LogP contribution is 2.49. The van der Waals surface area contributed by atoms with Crippen LogP contribution in [0.15, 0.2) is 165 Å². The molecule has 8 aromatic carbocycles. The highest BCUT2D eigenvalue weighted by molar-refractivity contribution is 7.92. The number of rotatable bonds is 13. The summed E-state index contributed by atoms with van der Waals surface area (Å²) in [6, 6.07) is 26.9. The summed E-state index contributed by atoms with van der Waals surface area (Å²) in [5, 5.41) is 56.6. The van der Waals surface area contributed by atoms with Crippen LogP contribution < -0.4 is 15.8 Å². The zero-order valence-electron chi connectivity index (χ0n) is 41.0. The van der Waals surface area contributed by atoms with Crippen molar-refractivity contribution in [3.05, 3.63) is 143 Å². The van der Waals surface area contributed by atoms with E-state index in [1.54, 1.807) is 26.0 Å². The molecule has 0 atom stereocenters. The van der Waals surface area contributed by atoms with Crippen molar-refractivity contribution in [1.82, 2.24) is 0 Å². The number of fused-ring (bicyclic) bond motifs is 2. The van der Waals surface area contributed by atoms with Crippen LogP contribution in [0.5, 0.6) is 11.5 Å². The molecular formula is C51H47N11O10S3. The van der Waals surface area contributed by atoms with Crippen molar-refractivity contribution in [1.29, 1.82) is 0 Å². The number of phenolic OH excluding ortho intramolecular Hbond substituents is 2. The van der Waals surface area contributed by atoms with Crippen LogP contribution in [0.2, 0.25) is 0 Å². The third-order valence-electron chi connectivity index (χ3n) is 12.1. The molecule has 0 aromatic heterocycles. The van der Waals surface area contributed by atoms with Crippen LogP contribution >= 0.6 is 0 Å². The first-order chi connectivity index (χ1) is 35.2. The van der Waals surface area contributed by atoms with Gasteiger partial charge in [0.15, 0.2) is 11.5 Å². The third-order valence-corrected chi connectivity index (χ3v) is 15.6. The van der Waals surface area contributed by atoms with Crippen LogP contribution in [-0.4, -0.2) is 51.6 Å². The second-order valence-electron chi connectivity index (χ2n) is 17.6. The molecule has 0 bridgehead atoms. The number of benzene rings is 8. The predicted molar refractivity (Wildman–Crippen MR) is 286 cm³/mol. The zero-order valence-corrected chi connectivity index (χ0v) is 43.5. The molecule has 0 spiro atoms. The number of nitrogen functional groups attached to an aromatic ring is 2. The number of hydrogen-bond donors (Lipinski definition) is 6. The van der Waals surface area contributed by atoms with E-state index in [4.69, 9.17) is 11.5 Å². The molecule has 8 N–H and O–H groups in total. The number of nitrogens with two attached hydrogens (primary N) is 2. The molecule has 0 aliphatic carbocycles. The maximum Gasteiger partial charge on any atom is 0.296 e. The number of azo groups is 4. The Hall–Kier alpha value is -8.55. The summed E-state index contributed by atoms with van der Waals surface area (Å²) >= 11 is 0. The lowest BCUT2D eigenvalue weighted by molar-refractivity contribution is 0.472. The zero-order chi connectivity index (χ0) is 54.5. The maximum absolute atomic E-state index is 13.8. The van der Waals surface area contributed by atoms with Crippen LogP contribution in [0.25, 0.3) is 21.5 Å². The van der Waals surface area contributed by atoms with Crippen molar-refractivity contribution < 1.29 is 44.6 Å². The van der Waals surface area contributed by atoms with Gasteiger partial charge in [-0.15, -0.1) is 20.5 Å². The summed E-state index contributed by atoms with van der Waals surface area (Å²) in [5.74, 6) is -1.44. The average molecular weight is 1070 g/mol. The molecular weight excluding hydrogens is 1020 g/mol. The molecule has 24 heteroatoms. The molecule has 0 unspecified atom stereocenters. The van der Waals surface area contributed by atoms with Gasteiger partial charge in [0.25, 0.3) is 30.3 Å². The van der Waals surface area contributed by atoms with E-state index in [0.717, 1.165) is 38.7 Å². The number of sulfonamides is 1. The van der Waals surface area contributed by atoms with Gasteiger partial charge in [0.1, 0.15) is 32.5 Å². The minimum absolute atomic E-state index is 0.0194. The van der Waals surface area contributed by atoms with E-state index in [1.165, 1.54) is 67.7 Å². The molecule has 0 amide bonds. The Balaban J connectivity index is 1.04. The van der Waals surface area contributed by atoms with Gasteiger partial charge in [-0.2, -0.15) is 37.3 Å². The van der Waals surface area contributed by atoms with Gasteiger partial charge in [-0.25, -0.2) is 8.42 Å². The van der Waals surface area contributed by atoms with E-state index in [-0.39, 0.29) is 66.3 Å². The number of aryl methyl sites for hydroxylation is 6. The highest BCUT2D eigenvalue weighted by atomic mass is 32.2. The molecule has 0 aliphatic heterocycles. The molecule has 21 nitrogen and oxygen atoms in total. The Morgan fingerprint density at radius 2 is 0.813 bits per heavy atom. The van der Waals surface area contributed by atoms with Crippen molar-refractivity contribution >= 4 is 114 Å². The minimum Gasteiger partial charge on any atom is -0.505 e.